The zero-order chi connectivity index (χ0) is 54.6. The Bertz CT molecular complexity index is 4820. The van der Waals surface area contributed by atoms with E-state index >= 15 is 13.2 Å². The monoisotopic (exact) mass is 1040 g/mol. The summed E-state index contributed by atoms with van der Waals surface area (Å²) in [7, 11) is 0. The van der Waals surface area contributed by atoms with Gasteiger partial charge in [0.2, 0.25) is 0 Å². The summed E-state index contributed by atoms with van der Waals surface area (Å²) in [4.78, 5) is 22.5. The normalized spacial score (nSPS) is 11.4. The Labute approximate surface area is 455 Å². The fourth-order valence-corrected chi connectivity index (χ4v) is 10.8. The van der Waals surface area contributed by atoms with Crippen LogP contribution in [0.4, 0.5) is 24.5 Å². The highest BCUT2D eigenvalue weighted by atomic mass is 19.4. The number of para-hydroxylation sites is 2. The van der Waals surface area contributed by atoms with Crippen molar-refractivity contribution < 1.29 is 13.2 Å². The van der Waals surface area contributed by atoms with Crippen molar-refractivity contribution in [3.05, 3.63) is 258 Å². The number of nitriles is 2. The maximum Gasteiger partial charge on any atom is 0.416 e. The first-order chi connectivity index (χ1) is 39.1. The Balaban J connectivity index is 1.11. The molecule has 0 atom stereocenters. The molecule has 0 spiro atoms. The summed E-state index contributed by atoms with van der Waals surface area (Å²) < 4.78 is 49.8. The van der Waals surface area contributed by atoms with E-state index in [0.717, 1.165) is 55.3 Å². The molecule has 374 valence electrons. The molecule has 0 aliphatic heterocycles. The number of alkyl halides is 3. The first-order valence-corrected chi connectivity index (χ1v) is 25.2. The van der Waals surface area contributed by atoms with Gasteiger partial charge in [-0.1, -0.05) is 152 Å². The third-order valence-electron chi connectivity index (χ3n) is 14.5. The maximum absolute atomic E-state index is 15.3. The van der Waals surface area contributed by atoms with Crippen molar-refractivity contribution >= 4 is 55.0 Å². The van der Waals surface area contributed by atoms with Crippen LogP contribution in [0.15, 0.2) is 218 Å². The molecule has 3 heterocycles. The highest BCUT2D eigenvalue weighted by Gasteiger charge is 2.33. The number of aromatic nitrogens is 5. The number of hydrogen-bond acceptors (Lipinski definition) is 5. The van der Waals surface area contributed by atoms with Gasteiger partial charge in [0, 0.05) is 49.4 Å². The molecule has 0 unspecified atom stereocenters. The minimum Gasteiger partial charge on any atom is -0.309 e. The van der Waals surface area contributed by atoms with Crippen LogP contribution in [0.1, 0.15) is 16.7 Å². The van der Waals surface area contributed by atoms with E-state index in [1.54, 1.807) is 36.4 Å². The molecule has 0 bridgehead atoms. The fraction of sp³-hybridized carbons (Fsp3) is 0.0147. The second-order valence-corrected chi connectivity index (χ2v) is 19.1. The lowest BCUT2D eigenvalue weighted by Crippen LogP contribution is -2.08. The molecule has 0 fully saturated rings. The van der Waals surface area contributed by atoms with Crippen LogP contribution in [0, 0.1) is 35.8 Å². The topological polar surface area (TPSA) is 105 Å². The van der Waals surface area contributed by atoms with Gasteiger partial charge in [-0.25, -0.2) is 24.6 Å². The van der Waals surface area contributed by atoms with E-state index in [2.05, 4.69) is 26.4 Å². The Morgan fingerprint density at radius 3 is 1.44 bits per heavy atom. The molecule has 80 heavy (non-hydrogen) atoms. The predicted octanol–water partition coefficient (Wildman–Crippen LogP) is 17.9. The van der Waals surface area contributed by atoms with Crippen molar-refractivity contribution in [2.24, 2.45) is 0 Å². The van der Waals surface area contributed by atoms with E-state index in [9.17, 15) is 10.5 Å². The van der Waals surface area contributed by atoms with Crippen molar-refractivity contribution in [1.29, 1.82) is 10.5 Å². The van der Waals surface area contributed by atoms with Gasteiger partial charge < -0.3 is 9.13 Å². The lowest BCUT2D eigenvalue weighted by Gasteiger charge is -2.21. The van der Waals surface area contributed by atoms with Gasteiger partial charge in [-0.15, -0.1) is 0 Å². The van der Waals surface area contributed by atoms with Crippen LogP contribution in [0.3, 0.4) is 0 Å². The lowest BCUT2D eigenvalue weighted by molar-refractivity contribution is -0.137. The third kappa shape index (κ3) is 8.22. The molecule has 0 amide bonds. The lowest BCUT2D eigenvalue weighted by atomic mass is 9.96. The second kappa shape index (κ2) is 19.3. The van der Waals surface area contributed by atoms with Gasteiger partial charge >= 0.3 is 6.18 Å². The summed E-state index contributed by atoms with van der Waals surface area (Å²) in [6.07, 6.45) is -4.71. The summed E-state index contributed by atoms with van der Waals surface area (Å²) in [5.41, 5.74) is 10.3. The van der Waals surface area contributed by atoms with Crippen molar-refractivity contribution in [2.75, 3.05) is 0 Å². The first-order valence-electron chi connectivity index (χ1n) is 25.2. The minimum absolute atomic E-state index is 0.263. The van der Waals surface area contributed by atoms with E-state index < -0.39 is 11.7 Å². The molecular formula is C68H36F3N9. The molecular weight excluding hydrogens is 1000 g/mol. The van der Waals surface area contributed by atoms with Gasteiger partial charge in [0.05, 0.1) is 75.4 Å². The van der Waals surface area contributed by atoms with Crippen LogP contribution in [0.2, 0.25) is 0 Å². The number of hydrogen-bond donors (Lipinski definition) is 0. The van der Waals surface area contributed by atoms with E-state index in [1.165, 1.54) is 12.1 Å². The molecule has 0 aliphatic rings. The van der Waals surface area contributed by atoms with E-state index in [0.29, 0.717) is 90.1 Å². The Hall–Kier alpha value is -11.4. The zero-order valence-electron chi connectivity index (χ0n) is 41.9. The molecule has 10 aromatic carbocycles. The average molecular weight is 1040 g/mol. The van der Waals surface area contributed by atoms with Gasteiger partial charge in [0.25, 0.3) is 0 Å². The quantitative estimate of drug-likeness (QED) is 0.141. The van der Waals surface area contributed by atoms with E-state index in [4.69, 9.17) is 28.1 Å². The van der Waals surface area contributed by atoms with Crippen LogP contribution in [-0.2, 0) is 6.18 Å². The molecule has 0 saturated heterocycles. The van der Waals surface area contributed by atoms with Gasteiger partial charge in [0.1, 0.15) is 0 Å². The van der Waals surface area contributed by atoms with Crippen LogP contribution in [-0.4, -0.2) is 24.1 Å². The van der Waals surface area contributed by atoms with Gasteiger partial charge in [-0.05, 0) is 89.0 Å². The Morgan fingerprint density at radius 1 is 0.400 bits per heavy atom. The molecule has 3 aromatic heterocycles. The molecule has 0 aliphatic carbocycles. The van der Waals surface area contributed by atoms with Crippen molar-refractivity contribution in [1.82, 2.24) is 24.1 Å². The number of rotatable bonds is 8. The van der Waals surface area contributed by atoms with Crippen LogP contribution in [0.5, 0.6) is 0 Å². The molecule has 9 nitrogen and oxygen atoms in total. The summed E-state index contributed by atoms with van der Waals surface area (Å²) in [5, 5.41) is 23.1. The number of halogens is 3. The summed E-state index contributed by atoms with van der Waals surface area (Å²) in [6.45, 7) is 15.6. The number of benzene rings is 10. The summed E-state index contributed by atoms with van der Waals surface area (Å²) in [6, 6.07) is 70.4. The Kier molecular flexibility index (Phi) is 11.6. The van der Waals surface area contributed by atoms with Crippen LogP contribution in [0.25, 0.3) is 132 Å². The summed E-state index contributed by atoms with van der Waals surface area (Å²) in [5.74, 6) is 1.28. The fourth-order valence-electron chi connectivity index (χ4n) is 10.8. The molecule has 0 N–H and O–H groups in total. The molecule has 0 radical (unpaired) electrons. The average Bonchev–Trinajstić information content (AvgIpc) is 4.25. The largest absolute Gasteiger partial charge is 0.416 e. The van der Waals surface area contributed by atoms with Crippen molar-refractivity contribution in [3.8, 4) is 91.1 Å². The molecule has 12 heteroatoms. The van der Waals surface area contributed by atoms with Gasteiger partial charge in [-0.3, -0.25) is 0 Å². The molecule has 13 aromatic rings. The summed E-state index contributed by atoms with van der Waals surface area (Å²) >= 11 is 0. The van der Waals surface area contributed by atoms with E-state index in [1.807, 2.05) is 168 Å². The maximum atomic E-state index is 15.3. The predicted molar refractivity (Wildman–Crippen MR) is 308 cm³/mol. The minimum atomic E-state index is -4.71. The zero-order valence-corrected chi connectivity index (χ0v) is 41.9. The smallest absolute Gasteiger partial charge is 0.309 e. The highest BCUT2D eigenvalue weighted by molar-refractivity contribution is 6.13. The number of fused-ring (bicyclic) bond motifs is 6. The van der Waals surface area contributed by atoms with E-state index in [-0.39, 0.29) is 5.69 Å². The van der Waals surface area contributed by atoms with Crippen molar-refractivity contribution in [3.63, 3.8) is 0 Å². The second-order valence-electron chi connectivity index (χ2n) is 19.1. The van der Waals surface area contributed by atoms with Crippen LogP contribution < -0.4 is 0 Å². The highest BCUT2D eigenvalue weighted by Crippen LogP contribution is 2.46. The third-order valence-corrected chi connectivity index (χ3v) is 14.5. The van der Waals surface area contributed by atoms with Gasteiger partial charge in [0.15, 0.2) is 28.8 Å². The standard InChI is InChI=1S/C68H36F3N9/c1-74-49-26-30-51(58(38-49)75-2)45-24-32-61-57(35-45)53-18-9-11-19-59(53)79(61)63-36-46(67-77-65(42-13-5-3-6-14-42)76-66(78-67)43-15-7-4-8-16-43)22-28-54(63)55-29-25-48(68(69,70)71)37-64(55)80-60-20-12-10-17-52(60)56-34-44(23-31-62(56)80)50-27-21-41(39-72)33-47(50)40-73/h3-38H. The first kappa shape index (κ1) is 48.2. The van der Waals surface area contributed by atoms with Gasteiger partial charge in [-0.2, -0.15) is 23.7 Å². The molecule has 0 saturated carbocycles. The number of nitrogens with zero attached hydrogens (tertiary/aromatic N) is 9. The SMILES string of the molecule is [C-]#[N+]c1ccc(-c2ccc3c(c2)c2ccccc2n3-c2cc(-c3nc(-c4ccccc4)nc(-c4ccccc4)n3)ccc2-c2ccc(C(F)(F)F)cc2-n2c3ccccc3c3cc(-c4ccc(C#N)cc4C#N)ccc32)c([N+]#[C-])c1. The van der Waals surface area contributed by atoms with Crippen molar-refractivity contribution in [2.45, 2.75) is 6.18 Å². The Morgan fingerprint density at radius 2 is 0.887 bits per heavy atom. The molecule has 13 rings (SSSR count). The van der Waals surface area contributed by atoms with Crippen LogP contribution >= 0.6 is 0 Å².